The lowest BCUT2D eigenvalue weighted by atomic mass is 10.2. The molecular weight excluding hydrogens is 243 g/mol. The Hall–Kier alpha value is -1.74. The van der Waals surface area contributed by atoms with Crippen LogP contribution in [0.2, 0.25) is 5.02 Å². The highest BCUT2D eigenvalue weighted by atomic mass is 35.5. The fourth-order valence-electron chi connectivity index (χ4n) is 1.35. The third-order valence-electron chi connectivity index (χ3n) is 2.24. The zero-order valence-electron chi connectivity index (χ0n) is 8.86. The molecule has 0 fully saturated rings. The standard InChI is InChI=1S/C13H10ClFO2/c14-13-7-11(16)4-1-9(13)8-17-12-5-2-10(15)3-6-12/h1-7,16H,8H2. The lowest BCUT2D eigenvalue weighted by Crippen LogP contribution is -1.96. The number of benzene rings is 2. The van der Waals surface area contributed by atoms with Gasteiger partial charge >= 0.3 is 0 Å². The highest BCUT2D eigenvalue weighted by molar-refractivity contribution is 6.31. The summed E-state index contributed by atoms with van der Waals surface area (Å²) in [5.74, 6) is 0.371. The Morgan fingerprint density at radius 3 is 2.47 bits per heavy atom. The minimum Gasteiger partial charge on any atom is -0.508 e. The third kappa shape index (κ3) is 3.11. The minimum absolute atomic E-state index is 0.112. The van der Waals surface area contributed by atoms with Crippen molar-refractivity contribution in [2.45, 2.75) is 6.61 Å². The van der Waals surface area contributed by atoms with Gasteiger partial charge in [-0.05, 0) is 36.4 Å². The largest absolute Gasteiger partial charge is 0.508 e. The lowest BCUT2D eigenvalue weighted by Gasteiger charge is -2.07. The molecule has 4 heteroatoms. The van der Waals surface area contributed by atoms with Crippen LogP contribution in [0.1, 0.15) is 5.56 Å². The molecule has 0 spiro atoms. The van der Waals surface area contributed by atoms with Crippen LogP contribution in [-0.4, -0.2) is 5.11 Å². The topological polar surface area (TPSA) is 29.5 Å². The molecule has 0 atom stereocenters. The van der Waals surface area contributed by atoms with Crippen molar-refractivity contribution in [3.8, 4) is 11.5 Å². The van der Waals surface area contributed by atoms with Crippen LogP contribution < -0.4 is 4.74 Å². The van der Waals surface area contributed by atoms with E-state index in [1.165, 1.54) is 24.3 Å². The van der Waals surface area contributed by atoms with E-state index in [0.717, 1.165) is 5.56 Å². The summed E-state index contributed by atoms with van der Waals surface area (Å²) in [6.45, 7) is 0.269. The summed E-state index contributed by atoms with van der Waals surface area (Å²) in [7, 11) is 0. The van der Waals surface area contributed by atoms with Crippen LogP contribution in [0.3, 0.4) is 0 Å². The molecular formula is C13H10ClFO2. The van der Waals surface area contributed by atoms with E-state index in [9.17, 15) is 9.50 Å². The van der Waals surface area contributed by atoms with E-state index in [0.29, 0.717) is 10.8 Å². The van der Waals surface area contributed by atoms with E-state index >= 15 is 0 Å². The second kappa shape index (κ2) is 5.06. The van der Waals surface area contributed by atoms with Gasteiger partial charge < -0.3 is 9.84 Å². The van der Waals surface area contributed by atoms with Crippen molar-refractivity contribution >= 4 is 11.6 Å². The molecule has 2 aromatic carbocycles. The van der Waals surface area contributed by atoms with Gasteiger partial charge in [-0.15, -0.1) is 0 Å². The van der Waals surface area contributed by atoms with Gasteiger partial charge in [0.1, 0.15) is 23.9 Å². The van der Waals surface area contributed by atoms with E-state index in [4.69, 9.17) is 16.3 Å². The first-order chi connectivity index (χ1) is 8.15. The Morgan fingerprint density at radius 2 is 1.82 bits per heavy atom. The van der Waals surface area contributed by atoms with E-state index in [-0.39, 0.29) is 18.2 Å². The number of phenols is 1. The Kier molecular flexibility index (Phi) is 3.49. The van der Waals surface area contributed by atoms with Crippen molar-refractivity contribution in [3.63, 3.8) is 0 Å². The van der Waals surface area contributed by atoms with Gasteiger partial charge in [-0.3, -0.25) is 0 Å². The predicted molar refractivity (Wildman–Crippen MR) is 63.8 cm³/mol. The van der Waals surface area contributed by atoms with E-state index in [1.807, 2.05) is 0 Å². The number of rotatable bonds is 3. The molecule has 0 amide bonds. The zero-order valence-corrected chi connectivity index (χ0v) is 9.62. The van der Waals surface area contributed by atoms with Gasteiger partial charge in [0, 0.05) is 5.56 Å². The molecule has 2 nitrogen and oxygen atoms in total. The van der Waals surface area contributed by atoms with Crippen molar-refractivity contribution in [2.75, 3.05) is 0 Å². The summed E-state index contributed by atoms with van der Waals surface area (Å²) in [4.78, 5) is 0. The molecule has 17 heavy (non-hydrogen) atoms. The third-order valence-corrected chi connectivity index (χ3v) is 2.60. The zero-order chi connectivity index (χ0) is 12.3. The van der Waals surface area contributed by atoms with Gasteiger partial charge in [0.2, 0.25) is 0 Å². The molecule has 0 saturated carbocycles. The summed E-state index contributed by atoms with van der Waals surface area (Å²) < 4.78 is 18.1. The molecule has 0 aliphatic carbocycles. The molecule has 0 heterocycles. The summed E-state index contributed by atoms with van der Waals surface area (Å²) >= 11 is 5.92. The minimum atomic E-state index is -0.306. The molecule has 1 N–H and O–H groups in total. The molecule has 0 saturated heterocycles. The number of aromatic hydroxyl groups is 1. The maximum atomic E-state index is 12.7. The number of ether oxygens (including phenoxy) is 1. The molecule has 0 unspecified atom stereocenters. The monoisotopic (exact) mass is 252 g/mol. The van der Waals surface area contributed by atoms with Crippen LogP contribution >= 0.6 is 11.6 Å². The number of halogens is 2. The van der Waals surface area contributed by atoms with Crippen molar-refractivity contribution in [2.24, 2.45) is 0 Å². The summed E-state index contributed by atoms with van der Waals surface area (Å²) in [6.07, 6.45) is 0. The number of hydrogen-bond donors (Lipinski definition) is 1. The van der Waals surface area contributed by atoms with Crippen molar-refractivity contribution in [1.82, 2.24) is 0 Å². The highest BCUT2D eigenvalue weighted by Crippen LogP contribution is 2.23. The van der Waals surface area contributed by atoms with Gasteiger partial charge in [-0.1, -0.05) is 17.7 Å². The second-order valence-corrected chi connectivity index (χ2v) is 3.93. The SMILES string of the molecule is Oc1ccc(COc2ccc(F)cc2)c(Cl)c1. The van der Waals surface area contributed by atoms with Crippen molar-refractivity contribution < 1.29 is 14.2 Å². The molecule has 0 aromatic heterocycles. The van der Waals surface area contributed by atoms with Crippen LogP contribution in [0, 0.1) is 5.82 Å². The first-order valence-corrected chi connectivity index (χ1v) is 5.39. The molecule has 0 aliphatic rings. The lowest BCUT2D eigenvalue weighted by molar-refractivity contribution is 0.305. The fourth-order valence-corrected chi connectivity index (χ4v) is 1.57. The summed E-state index contributed by atoms with van der Waals surface area (Å²) in [6, 6.07) is 10.4. The Morgan fingerprint density at radius 1 is 1.12 bits per heavy atom. The first-order valence-electron chi connectivity index (χ1n) is 5.01. The van der Waals surface area contributed by atoms with Crippen LogP contribution in [-0.2, 0) is 6.61 Å². The van der Waals surface area contributed by atoms with E-state index in [2.05, 4.69) is 0 Å². The number of hydrogen-bond acceptors (Lipinski definition) is 2. The Labute approximate surface area is 103 Å². The fraction of sp³-hybridized carbons (Fsp3) is 0.0769. The quantitative estimate of drug-likeness (QED) is 0.901. The van der Waals surface area contributed by atoms with E-state index < -0.39 is 0 Å². The van der Waals surface area contributed by atoms with Gasteiger partial charge in [0.15, 0.2) is 0 Å². The molecule has 0 aliphatic heterocycles. The maximum absolute atomic E-state index is 12.7. The molecule has 2 rings (SSSR count). The van der Waals surface area contributed by atoms with Crippen molar-refractivity contribution in [3.05, 3.63) is 58.9 Å². The van der Waals surface area contributed by atoms with Crippen LogP contribution in [0.15, 0.2) is 42.5 Å². The summed E-state index contributed by atoms with van der Waals surface area (Å²) in [5.41, 5.74) is 0.758. The van der Waals surface area contributed by atoms with Crippen LogP contribution in [0.4, 0.5) is 4.39 Å². The first kappa shape index (κ1) is 11.7. The smallest absolute Gasteiger partial charge is 0.123 e. The Bertz CT molecular complexity index is 511. The van der Waals surface area contributed by atoms with Crippen LogP contribution in [0.25, 0.3) is 0 Å². The summed E-state index contributed by atoms with van der Waals surface area (Å²) in [5, 5.41) is 9.62. The van der Waals surface area contributed by atoms with Gasteiger partial charge in [0.05, 0.1) is 5.02 Å². The maximum Gasteiger partial charge on any atom is 0.123 e. The average molecular weight is 253 g/mol. The average Bonchev–Trinajstić information content (AvgIpc) is 2.30. The molecule has 2 aromatic rings. The van der Waals surface area contributed by atoms with Crippen molar-refractivity contribution in [1.29, 1.82) is 0 Å². The number of phenolic OH excluding ortho intramolecular Hbond substituents is 1. The molecule has 88 valence electrons. The normalized spacial score (nSPS) is 10.2. The van der Waals surface area contributed by atoms with E-state index in [1.54, 1.807) is 18.2 Å². The second-order valence-electron chi connectivity index (χ2n) is 3.52. The molecule has 0 bridgehead atoms. The predicted octanol–water partition coefficient (Wildman–Crippen LogP) is 3.76. The van der Waals surface area contributed by atoms with Crippen LogP contribution in [0.5, 0.6) is 11.5 Å². The highest BCUT2D eigenvalue weighted by Gasteiger charge is 2.02. The van der Waals surface area contributed by atoms with Gasteiger partial charge in [-0.2, -0.15) is 0 Å². The Balaban J connectivity index is 2.04. The van der Waals surface area contributed by atoms with Gasteiger partial charge in [-0.25, -0.2) is 4.39 Å². The molecule has 0 radical (unpaired) electrons. The van der Waals surface area contributed by atoms with Gasteiger partial charge in [0.25, 0.3) is 0 Å².